The number of amides is 2. The first-order valence-corrected chi connectivity index (χ1v) is 24.9. The van der Waals surface area contributed by atoms with Crippen LogP contribution in [0.15, 0.2) is 63.0 Å². The second kappa shape index (κ2) is 17.0. The van der Waals surface area contributed by atoms with Gasteiger partial charge in [-0.2, -0.15) is 0 Å². The molecule has 344 valence electrons. The Morgan fingerprint density at radius 3 is 2.28 bits per heavy atom. The Morgan fingerprint density at radius 2 is 1.58 bits per heavy atom. The number of carbonyl (C=O) groups excluding carboxylic acids is 2. The largest absolute Gasteiger partial charge is 0.367 e. The smallest absolute Gasteiger partial charge is 0.329 e. The van der Waals surface area contributed by atoms with Gasteiger partial charge >= 0.3 is 5.69 Å². The van der Waals surface area contributed by atoms with Crippen LogP contribution in [0.1, 0.15) is 81.9 Å². The summed E-state index contributed by atoms with van der Waals surface area (Å²) in [5.74, 6) is -0.854. The van der Waals surface area contributed by atoms with E-state index < -0.39 is 38.5 Å². The first-order valence-electron chi connectivity index (χ1n) is 23.0. The number of hydrogen-bond donors (Lipinski definition) is 2. The predicted molar refractivity (Wildman–Crippen MR) is 249 cm³/mol. The molecule has 15 nitrogen and oxygen atoms in total. The van der Waals surface area contributed by atoms with Crippen LogP contribution in [0.2, 0.25) is 5.02 Å². The highest BCUT2D eigenvalue weighted by molar-refractivity contribution is 7.92. The molecule has 5 aromatic rings. The average Bonchev–Trinajstić information content (AvgIpc) is 3.90. The zero-order valence-corrected chi connectivity index (χ0v) is 38.4. The summed E-state index contributed by atoms with van der Waals surface area (Å²) in [5, 5.41) is 6.24. The Morgan fingerprint density at radius 1 is 0.877 bits per heavy atom. The van der Waals surface area contributed by atoms with Crippen LogP contribution in [0.25, 0.3) is 22.1 Å². The summed E-state index contributed by atoms with van der Waals surface area (Å²) >= 11 is 6.33. The number of likely N-dealkylation sites (tertiary alicyclic amines) is 1. The predicted octanol–water partition coefficient (Wildman–Crippen LogP) is 5.83. The summed E-state index contributed by atoms with van der Waals surface area (Å²) in [6.45, 7) is 8.35. The molecular formula is C47H55ClFN9O6S. The zero-order chi connectivity index (χ0) is 45.4. The van der Waals surface area contributed by atoms with Crippen molar-refractivity contribution >= 4 is 72.5 Å². The first kappa shape index (κ1) is 43.8. The average molecular weight is 929 g/mol. The maximum atomic E-state index is 16.2. The maximum Gasteiger partial charge on any atom is 0.329 e. The third kappa shape index (κ3) is 7.95. The molecule has 1 unspecified atom stereocenters. The number of nitrogens with zero attached hydrogens (tertiary/aromatic N) is 7. The van der Waals surface area contributed by atoms with Gasteiger partial charge < -0.3 is 15.1 Å². The van der Waals surface area contributed by atoms with E-state index in [4.69, 9.17) is 16.6 Å². The molecule has 10 rings (SSSR count). The summed E-state index contributed by atoms with van der Waals surface area (Å²) in [6, 6.07) is 13.3. The minimum Gasteiger partial charge on any atom is -0.367 e. The molecule has 1 spiro atoms. The van der Waals surface area contributed by atoms with E-state index in [1.54, 1.807) is 41.0 Å². The standard InChI is InChI=1S/C47H55ClFN9O6S/c1-29-25-32(8-9-35(29)50-39-13-7-30-26-34(48)45(61)57(43(30)51-39)31-5-3-4-6-31)65(63,64)33-27-47(28-33)15-17-54(18-16-47)19-20-55-21-23-56(24-22-55)36-10-11-37-42(41(36)49)53(2)46(62)58(37)38-12-14-40(59)52-44(38)60/h7-11,13,25-26,31,33,38H,3-6,12,14-24,27-28H2,1-2H3,(H,50,51)(H,52,59,60). The van der Waals surface area contributed by atoms with Crippen molar-refractivity contribution in [1.29, 1.82) is 0 Å². The second-order valence-corrected chi connectivity index (χ2v) is 21.6. The maximum absolute atomic E-state index is 16.2. The highest BCUT2D eigenvalue weighted by Gasteiger charge is 2.51. The van der Waals surface area contributed by atoms with Crippen molar-refractivity contribution in [3.8, 4) is 0 Å². The van der Waals surface area contributed by atoms with Gasteiger partial charge in [0.15, 0.2) is 15.7 Å². The lowest BCUT2D eigenvalue weighted by Crippen LogP contribution is -2.53. The van der Waals surface area contributed by atoms with Crippen molar-refractivity contribution in [3.05, 3.63) is 85.8 Å². The summed E-state index contributed by atoms with van der Waals surface area (Å²) in [6.07, 6.45) is 7.57. The number of piperazine rings is 1. The SMILES string of the molecule is Cc1cc(S(=O)(=O)C2CC3(CCN(CCN4CCN(c5ccc6c(c5F)n(C)c(=O)n6C5CCC(=O)NC5=O)CC4)CC3)C2)ccc1Nc1ccc2cc(Cl)c(=O)n(C3CCCC3)c2n1. The lowest BCUT2D eigenvalue weighted by Gasteiger charge is -2.52. The fourth-order valence-corrected chi connectivity index (χ4v) is 13.5. The fourth-order valence-electron chi connectivity index (χ4n) is 11.2. The highest BCUT2D eigenvalue weighted by atomic mass is 35.5. The van der Waals surface area contributed by atoms with E-state index in [-0.39, 0.29) is 46.3 Å². The number of piperidine rings is 2. The van der Waals surface area contributed by atoms with E-state index in [1.807, 2.05) is 24.0 Å². The summed E-state index contributed by atoms with van der Waals surface area (Å²) in [5.41, 5.74) is 2.38. The van der Waals surface area contributed by atoms with Gasteiger partial charge in [-0.15, -0.1) is 0 Å². The van der Waals surface area contributed by atoms with Gasteiger partial charge in [0.1, 0.15) is 28.0 Å². The number of anilines is 3. The molecule has 0 bridgehead atoms. The number of rotatable bonds is 10. The van der Waals surface area contributed by atoms with E-state index in [0.29, 0.717) is 53.5 Å². The van der Waals surface area contributed by atoms with Crippen LogP contribution in [0.4, 0.5) is 21.6 Å². The van der Waals surface area contributed by atoms with Crippen LogP contribution >= 0.6 is 11.6 Å². The van der Waals surface area contributed by atoms with Crippen molar-refractivity contribution in [2.24, 2.45) is 12.5 Å². The van der Waals surface area contributed by atoms with Crippen LogP contribution in [0.5, 0.6) is 0 Å². The topological polar surface area (TPSA) is 164 Å². The number of nitrogens with one attached hydrogen (secondary N) is 2. The molecule has 5 fully saturated rings. The van der Waals surface area contributed by atoms with Crippen molar-refractivity contribution in [1.82, 2.24) is 33.8 Å². The number of pyridine rings is 2. The summed E-state index contributed by atoms with van der Waals surface area (Å²) in [7, 11) is -2.01. The number of aromatic nitrogens is 4. The molecule has 5 aliphatic rings. The second-order valence-electron chi connectivity index (χ2n) is 19.0. The Bertz CT molecular complexity index is 2960. The van der Waals surface area contributed by atoms with Gasteiger partial charge in [-0.1, -0.05) is 24.4 Å². The molecular weight excluding hydrogens is 873 g/mol. The van der Waals surface area contributed by atoms with Gasteiger partial charge in [0.05, 0.1) is 21.3 Å². The highest BCUT2D eigenvalue weighted by Crippen LogP contribution is 2.53. The van der Waals surface area contributed by atoms with E-state index in [2.05, 4.69) is 20.4 Å². The quantitative estimate of drug-likeness (QED) is 0.162. The lowest BCUT2D eigenvalue weighted by molar-refractivity contribution is -0.135. The lowest BCUT2D eigenvalue weighted by atomic mass is 9.63. The van der Waals surface area contributed by atoms with Gasteiger partial charge in [-0.25, -0.2) is 22.6 Å². The Hall–Kier alpha value is -5.10. The molecule has 1 atom stereocenters. The van der Waals surface area contributed by atoms with Crippen LogP contribution in [0.3, 0.4) is 0 Å². The number of benzene rings is 2. The Labute approximate surface area is 381 Å². The van der Waals surface area contributed by atoms with Gasteiger partial charge in [0.2, 0.25) is 11.8 Å². The molecule has 3 saturated heterocycles. The number of carbonyl (C=O) groups is 2. The number of aryl methyl sites for hydroxylation is 2. The molecule has 65 heavy (non-hydrogen) atoms. The third-order valence-corrected chi connectivity index (χ3v) is 17.5. The molecule has 3 aliphatic heterocycles. The minimum atomic E-state index is -3.51. The summed E-state index contributed by atoms with van der Waals surface area (Å²) < 4.78 is 48.3. The number of fused-ring (bicyclic) bond motifs is 2. The molecule has 0 radical (unpaired) electrons. The van der Waals surface area contributed by atoms with Gasteiger partial charge in [0.25, 0.3) is 5.56 Å². The van der Waals surface area contributed by atoms with Gasteiger partial charge in [-0.3, -0.25) is 38.3 Å². The molecule has 2 aliphatic carbocycles. The molecule has 18 heteroatoms. The molecule has 2 amide bonds. The van der Waals surface area contributed by atoms with E-state index in [1.165, 1.54) is 16.2 Å². The number of imide groups is 1. The Balaban J connectivity index is 0.706. The molecule has 6 heterocycles. The number of halogens is 2. The van der Waals surface area contributed by atoms with E-state index in [0.717, 1.165) is 94.4 Å². The van der Waals surface area contributed by atoms with Gasteiger partial charge in [0, 0.05) is 69.9 Å². The zero-order valence-electron chi connectivity index (χ0n) is 36.8. The molecule has 3 aromatic heterocycles. The first-order chi connectivity index (χ1) is 31.2. The van der Waals surface area contributed by atoms with Gasteiger partial charge in [-0.05, 0) is 124 Å². The monoisotopic (exact) mass is 927 g/mol. The molecule has 2 N–H and O–H groups in total. The van der Waals surface area contributed by atoms with Crippen LogP contribution in [-0.4, -0.2) is 106 Å². The van der Waals surface area contributed by atoms with Crippen LogP contribution in [0, 0.1) is 18.2 Å². The van der Waals surface area contributed by atoms with Crippen molar-refractivity contribution in [2.45, 2.75) is 93.4 Å². The number of sulfone groups is 1. The van der Waals surface area contributed by atoms with Crippen LogP contribution in [-0.2, 0) is 26.5 Å². The van der Waals surface area contributed by atoms with E-state index >= 15 is 4.39 Å². The Kier molecular flexibility index (Phi) is 11.4. The number of imidazole rings is 1. The summed E-state index contributed by atoms with van der Waals surface area (Å²) in [4.78, 5) is 62.7. The third-order valence-electron chi connectivity index (χ3n) is 15.1. The van der Waals surface area contributed by atoms with E-state index in [9.17, 15) is 27.6 Å². The molecule has 2 aromatic carbocycles. The minimum absolute atomic E-state index is 0.0548. The van der Waals surface area contributed by atoms with Crippen molar-refractivity contribution in [2.75, 3.05) is 62.6 Å². The molecule has 2 saturated carbocycles. The van der Waals surface area contributed by atoms with Crippen LogP contribution < -0.4 is 26.8 Å². The normalized spacial score (nSPS) is 21.4. The number of hydrogen-bond acceptors (Lipinski definition) is 11. The van der Waals surface area contributed by atoms with Crippen molar-refractivity contribution in [3.63, 3.8) is 0 Å². The van der Waals surface area contributed by atoms with Crippen molar-refractivity contribution < 1.29 is 22.4 Å². The fraction of sp³-hybridized carbons (Fsp3) is 0.511.